The fraction of sp³-hybridized carbons (Fsp3) is 0.273. The molecule has 0 bridgehead atoms. The second-order valence-corrected chi connectivity index (χ2v) is 6.82. The number of hydrogen-bond donors (Lipinski definition) is 2. The first-order valence-corrected chi connectivity index (χ1v) is 9.30. The van der Waals surface area contributed by atoms with E-state index in [0.717, 1.165) is 16.8 Å². The van der Waals surface area contributed by atoms with Crippen molar-refractivity contribution >= 4 is 17.5 Å². The zero-order valence-electron chi connectivity index (χ0n) is 15.4. The van der Waals surface area contributed by atoms with Crippen LogP contribution in [-0.4, -0.2) is 35.7 Å². The van der Waals surface area contributed by atoms with Crippen molar-refractivity contribution in [3.8, 4) is 5.75 Å². The second-order valence-electron chi connectivity index (χ2n) is 6.82. The summed E-state index contributed by atoms with van der Waals surface area (Å²) in [4.78, 5) is 17.7. The molecule has 144 valence electrons. The lowest BCUT2D eigenvalue weighted by Gasteiger charge is -2.35. The number of hydrogen-bond acceptors (Lipinski definition) is 5. The van der Waals surface area contributed by atoms with Crippen LogP contribution in [0.4, 0.5) is 5.69 Å². The predicted octanol–water partition coefficient (Wildman–Crippen LogP) is 3.23. The standard InChI is InChI=1S/C22H22N2O4/c1-2-12-22-19(17-6-3-4-7-18(17)23-21(22)26)28-20(24-22)15-8-10-16(11-9-15)27-14-5-13-25/h2-4,6-11,19,25H,1,5,12-14H2,(H,23,26)/t19-,22-/m1/s1. The molecule has 0 radical (unpaired) electrons. The summed E-state index contributed by atoms with van der Waals surface area (Å²) < 4.78 is 11.8. The third kappa shape index (κ3) is 3.05. The van der Waals surface area contributed by atoms with Crippen LogP contribution < -0.4 is 10.1 Å². The Balaban J connectivity index is 1.65. The molecular formula is C22H22N2O4. The summed E-state index contributed by atoms with van der Waals surface area (Å²) in [5, 5.41) is 11.8. The highest BCUT2D eigenvalue weighted by atomic mass is 16.5. The van der Waals surface area contributed by atoms with Gasteiger partial charge in [-0.1, -0.05) is 24.3 Å². The first kappa shape index (κ1) is 18.3. The number of rotatable bonds is 7. The van der Waals surface area contributed by atoms with Crippen LogP contribution in [0, 0.1) is 0 Å². The normalized spacial score (nSPS) is 22.4. The lowest BCUT2D eigenvalue weighted by molar-refractivity contribution is -0.124. The van der Waals surface area contributed by atoms with Gasteiger partial charge in [0.2, 0.25) is 5.90 Å². The molecule has 0 aromatic heterocycles. The maximum absolute atomic E-state index is 12.9. The van der Waals surface area contributed by atoms with E-state index >= 15 is 0 Å². The summed E-state index contributed by atoms with van der Waals surface area (Å²) >= 11 is 0. The first-order chi connectivity index (χ1) is 13.7. The van der Waals surface area contributed by atoms with E-state index in [4.69, 9.17) is 19.6 Å². The monoisotopic (exact) mass is 378 g/mol. The van der Waals surface area contributed by atoms with Gasteiger partial charge in [0, 0.05) is 36.3 Å². The second kappa shape index (κ2) is 7.48. The number of nitrogens with one attached hydrogen (secondary N) is 1. The summed E-state index contributed by atoms with van der Waals surface area (Å²) in [5.41, 5.74) is 1.38. The zero-order chi connectivity index (χ0) is 19.6. The topological polar surface area (TPSA) is 80.2 Å². The van der Waals surface area contributed by atoms with Crippen molar-refractivity contribution in [2.75, 3.05) is 18.5 Å². The number of aliphatic imine (C=N–C) groups is 1. The van der Waals surface area contributed by atoms with Gasteiger partial charge in [-0.15, -0.1) is 6.58 Å². The van der Waals surface area contributed by atoms with Gasteiger partial charge in [-0.3, -0.25) is 4.79 Å². The summed E-state index contributed by atoms with van der Waals surface area (Å²) in [7, 11) is 0. The number of amides is 1. The zero-order valence-corrected chi connectivity index (χ0v) is 15.4. The molecule has 2 aliphatic rings. The first-order valence-electron chi connectivity index (χ1n) is 9.30. The minimum atomic E-state index is -1.05. The number of carbonyl (C=O) groups excluding carboxylic acids is 1. The number of nitrogens with zero attached hydrogens (tertiary/aromatic N) is 1. The molecule has 1 amide bonds. The van der Waals surface area contributed by atoms with Gasteiger partial charge in [0.05, 0.1) is 6.61 Å². The van der Waals surface area contributed by atoms with E-state index in [1.165, 1.54) is 0 Å². The molecule has 2 aliphatic heterocycles. The molecule has 2 N–H and O–H groups in total. The number of anilines is 1. The Hall–Kier alpha value is -3.12. The predicted molar refractivity (Wildman–Crippen MR) is 107 cm³/mol. The number of aliphatic hydroxyl groups is 1. The molecule has 2 heterocycles. The van der Waals surface area contributed by atoms with Crippen LogP contribution >= 0.6 is 0 Å². The Labute approximate surface area is 163 Å². The van der Waals surface area contributed by atoms with Gasteiger partial charge in [-0.05, 0) is 30.3 Å². The number of benzene rings is 2. The summed E-state index contributed by atoms with van der Waals surface area (Å²) in [5.74, 6) is 0.952. The third-order valence-corrected chi connectivity index (χ3v) is 4.98. The van der Waals surface area contributed by atoms with E-state index in [2.05, 4.69) is 11.9 Å². The molecule has 0 unspecified atom stereocenters. The van der Waals surface area contributed by atoms with Gasteiger partial charge in [-0.2, -0.15) is 0 Å². The Morgan fingerprint density at radius 3 is 2.79 bits per heavy atom. The van der Waals surface area contributed by atoms with E-state index < -0.39 is 11.6 Å². The SMILES string of the molecule is C=CC[C@@]12N=C(c3ccc(OCCCO)cc3)O[C@@H]1c1ccccc1NC2=O. The number of ether oxygens (including phenoxy) is 2. The van der Waals surface area contributed by atoms with Gasteiger partial charge in [0.1, 0.15) is 5.75 Å². The Kier molecular flexibility index (Phi) is 4.88. The van der Waals surface area contributed by atoms with E-state index in [9.17, 15) is 4.79 Å². The largest absolute Gasteiger partial charge is 0.494 e. The minimum absolute atomic E-state index is 0.0963. The molecule has 2 atom stereocenters. The fourth-order valence-electron chi connectivity index (χ4n) is 3.58. The molecule has 4 rings (SSSR count). The van der Waals surface area contributed by atoms with Crippen LogP contribution in [0.25, 0.3) is 0 Å². The molecular weight excluding hydrogens is 356 g/mol. The van der Waals surface area contributed by atoms with Crippen LogP contribution in [0.1, 0.15) is 30.1 Å². The van der Waals surface area contributed by atoms with E-state index in [1.807, 2.05) is 48.5 Å². The highest BCUT2D eigenvalue weighted by Gasteiger charge is 2.55. The van der Waals surface area contributed by atoms with Gasteiger partial charge in [0.25, 0.3) is 5.91 Å². The van der Waals surface area contributed by atoms with Crippen molar-refractivity contribution in [1.82, 2.24) is 0 Å². The van der Waals surface area contributed by atoms with Gasteiger partial charge in [-0.25, -0.2) is 4.99 Å². The van der Waals surface area contributed by atoms with Crippen LogP contribution in [0.15, 0.2) is 66.2 Å². The average Bonchev–Trinajstić information content (AvgIpc) is 3.11. The lowest BCUT2D eigenvalue weighted by atomic mass is 9.81. The van der Waals surface area contributed by atoms with Crippen molar-refractivity contribution in [2.45, 2.75) is 24.5 Å². The van der Waals surface area contributed by atoms with Crippen LogP contribution in [-0.2, 0) is 9.53 Å². The molecule has 6 heteroatoms. The molecule has 0 fully saturated rings. The molecule has 2 aromatic rings. The van der Waals surface area contributed by atoms with Crippen LogP contribution in [0.2, 0.25) is 0 Å². The fourth-order valence-corrected chi connectivity index (χ4v) is 3.58. The molecule has 0 aliphatic carbocycles. The molecule has 2 aromatic carbocycles. The molecule has 0 spiro atoms. The Morgan fingerprint density at radius 2 is 2.04 bits per heavy atom. The average molecular weight is 378 g/mol. The van der Waals surface area contributed by atoms with Gasteiger partial charge >= 0.3 is 0 Å². The lowest BCUT2D eigenvalue weighted by Crippen LogP contribution is -2.47. The molecule has 0 saturated carbocycles. The summed E-state index contributed by atoms with van der Waals surface area (Å²) in [6.45, 7) is 4.36. The van der Waals surface area contributed by atoms with Gasteiger partial charge < -0.3 is 19.9 Å². The smallest absolute Gasteiger partial charge is 0.257 e. The van der Waals surface area contributed by atoms with E-state index in [1.54, 1.807) is 6.08 Å². The van der Waals surface area contributed by atoms with Crippen molar-refractivity contribution in [3.63, 3.8) is 0 Å². The highest BCUT2D eigenvalue weighted by Crippen LogP contribution is 2.48. The number of aliphatic hydroxyl groups excluding tert-OH is 1. The third-order valence-electron chi connectivity index (χ3n) is 4.98. The Bertz CT molecular complexity index is 922. The van der Waals surface area contributed by atoms with Crippen LogP contribution in [0.3, 0.4) is 0 Å². The quantitative estimate of drug-likeness (QED) is 0.573. The summed E-state index contributed by atoms with van der Waals surface area (Å²) in [6, 6.07) is 15.0. The van der Waals surface area contributed by atoms with E-state index in [0.29, 0.717) is 31.1 Å². The summed E-state index contributed by atoms with van der Waals surface area (Å²) in [6.07, 6.45) is 2.17. The number of carbonyl (C=O) groups is 1. The minimum Gasteiger partial charge on any atom is -0.494 e. The van der Waals surface area contributed by atoms with Crippen molar-refractivity contribution in [2.24, 2.45) is 4.99 Å². The van der Waals surface area contributed by atoms with Gasteiger partial charge in [0.15, 0.2) is 11.6 Å². The van der Waals surface area contributed by atoms with Crippen molar-refractivity contribution in [3.05, 3.63) is 72.3 Å². The number of para-hydroxylation sites is 1. The maximum Gasteiger partial charge on any atom is 0.257 e. The molecule has 0 saturated heterocycles. The maximum atomic E-state index is 12.9. The van der Waals surface area contributed by atoms with E-state index in [-0.39, 0.29) is 12.5 Å². The van der Waals surface area contributed by atoms with Crippen molar-refractivity contribution in [1.29, 1.82) is 0 Å². The Morgan fingerprint density at radius 1 is 1.25 bits per heavy atom. The molecule has 28 heavy (non-hydrogen) atoms. The highest BCUT2D eigenvalue weighted by molar-refractivity contribution is 6.07. The molecule has 6 nitrogen and oxygen atoms in total. The van der Waals surface area contributed by atoms with Crippen LogP contribution in [0.5, 0.6) is 5.75 Å². The number of fused-ring (bicyclic) bond motifs is 3. The van der Waals surface area contributed by atoms with Crippen molar-refractivity contribution < 1.29 is 19.4 Å².